The van der Waals surface area contributed by atoms with E-state index in [4.69, 9.17) is 9.47 Å². The van der Waals surface area contributed by atoms with Gasteiger partial charge in [0.05, 0.1) is 18.1 Å². The molecule has 1 saturated heterocycles. The molecule has 1 aromatic rings. The molecule has 0 bridgehead atoms. The first-order valence-electron chi connectivity index (χ1n) is 8.88. The number of aliphatic imine (C=N–C) groups is 1. The van der Waals surface area contributed by atoms with Crippen LogP contribution in [0, 0.1) is 0 Å². The fourth-order valence-electron chi connectivity index (χ4n) is 2.53. The molecule has 0 spiro atoms. The third kappa shape index (κ3) is 4.81. The Kier molecular flexibility index (Phi) is 6.75. The average molecular weight is 377 g/mol. The van der Waals surface area contributed by atoms with E-state index in [0.717, 1.165) is 10.7 Å². The first-order valence-corrected chi connectivity index (χ1v) is 9.70. The zero-order valence-corrected chi connectivity index (χ0v) is 17.4. The zero-order valence-electron chi connectivity index (χ0n) is 16.6. The van der Waals surface area contributed by atoms with Crippen molar-refractivity contribution in [3.8, 4) is 11.5 Å². The van der Waals surface area contributed by atoms with Gasteiger partial charge in [-0.2, -0.15) is 0 Å². The number of rotatable bonds is 6. The summed E-state index contributed by atoms with van der Waals surface area (Å²) < 4.78 is 11.2. The van der Waals surface area contributed by atoms with Crippen LogP contribution in [0.15, 0.2) is 28.1 Å². The van der Waals surface area contributed by atoms with Crippen LogP contribution in [-0.2, 0) is 4.79 Å². The maximum atomic E-state index is 12.8. The Morgan fingerprint density at radius 2 is 1.81 bits per heavy atom. The van der Waals surface area contributed by atoms with Gasteiger partial charge in [-0.25, -0.2) is 0 Å². The Balaban J connectivity index is 2.35. The topological polar surface area (TPSA) is 51.1 Å². The van der Waals surface area contributed by atoms with Crippen LogP contribution < -0.4 is 9.47 Å². The summed E-state index contributed by atoms with van der Waals surface area (Å²) in [6, 6.07) is 5.89. The number of carbonyl (C=O) groups is 1. The summed E-state index contributed by atoms with van der Waals surface area (Å²) in [5.74, 6) is 1.34. The molecule has 1 aromatic carbocycles. The van der Waals surface area contributed by atoms with E-state index < -0.39 is 0 Å². The van der Waals surface area contributed by atoms with Gasteiger partial charge in [0.15, 0.2) is 16.7 Å². The normalized spacial score (nSPS) is 18.1. The molecule has 26 heavy (non-hydrogen) atoms. The van der Waals surface area contributed by atoms with Crippen LogP contribution in [0.25, 0.3) is 6.08 Å². The zero-order chi connectivity index (χ0) is 19.4. The van der Waals surface area contributed by atoms with Crippen LogP contribution in [0.2, 0.25) is 0 Å². The number of methoxy groups -OCH3 is 1. The molecule has 1 amide bonds. The second-order valence-electron chi connectivity index (χ2n) is 6.96. The van der Waals surface area contributed by atoms with E-state index in [1.165, 1.54) is 11.8 Å². The van der Waals surface area contributed by atoms with Gasteiger partial charge >= 0.3 is 0 Å². The molecule has 0 unspecified atom stereocenters. The lowest BCUT2D eigenvalue weighted by molar-refractivity contribution is -0.123. The lowest BCUT2D eigenvalue weighted by Crippen LogP contribution is -2.35. The molecule has 2 rings (SSSR count). The third-order valence-corrected chi connectivity index (χ3v) is 4.57. The fourth-order valence-corrected chi connectivity index (χ4v) is 3.76. The minimum Gasteiger partial charge on any atom is -0.493 e. The Hall–Kier alpha value is -1.95. The summed E-state index contributed by atoms with van der Waals surface area (Å²) in [4.78, 5) is 19.8. The molecule has 0 aromatic heterocycles. The monoisotopic (exact) mass is 376 g/mol. The highest BCUT2D eigenvalue weighted by molar-refractivity contribution is 8.18. The van der Waals surface area contributed by atoms with Crippen molar-refractivity contribution >= 4 is 28.9 Å². The standard InChI is InChI=1S/C20H28N2O3S/c1-12(2)21-20-22(13(3)4)19(23)18(26-20)11-15-8-9-16(25-14(5)6)17(10-15)24-7/h8-14H,1-7H3/b18-11+,21-20?. The summed E-state index contributed by atoms with van der Waals surface area (Å²) in [7, 11) is 1.61. The van der Waals surface area contributed by atoms with Crippen molar-refractivity contribution in [3.05, 3.63) is 28.7 Å². The number of hydrogen-bond donors (Lipinski definition) is 0. The summed E-state index contributed by atoms with van der Waals surface area (Å²) in [5, 5.41) is 0.762. The smallest absolute Gasteiger partial charge is 0.266 e. The largest absolute Gasteiger partial charge is 0.493 e. The average Bonchev–Trinajstić information content (AvgIpc) is 2.83. The highest BCUT2D eigenvalue weighted by atomic mass is 32.2. The molecule has 5 nitrogen and oxygen atoms in total. The van der Waals surface area contributed by atoms with Gasteiger partial charge in [-0.15, -0.1) is 0 Å². The van der Waals surface area contributed by atoms with Gasteiger partial charge in [0.25, 0.3) is 5.91 Å². The molecule has 1 heterocycles. The molecule has 1 aliphatic heterocycles. The minimum absolute atomic E-state index is 0.00845. The van der Waals surface area contributed by atoms with Gasteiger partial charge in [0.2, 0.25) is 0 Å². The number of amides is 1. The van der Waals surface area contributed by atoms with Gasteiger partial charge in [0, 0.05) is 12.1 Å². The molecular formula is C20H28N2O3S. The second kappa shape index (κ2) is 8.62. The summed E-state index contributed by atoms with van der Waals surface area (Å²) in [5.41, 5.74) is 0.892. The molecule has 0 aliphatic carbocycles. The Bertz CT molecular complexity index is 724. The third-order valence-electron chi connectivity index (χ3n) is 3.57. The number of ether oxygens (including phenoxy) is 2. The van der Waals surface area contributed by atoms with Gasteiger partial charge < -0.3 is 9.47 Å². The molecule has 1 aliphatic rings. The summed E-state index contributed by atoms with van der Waals surface area (Å²) in [6.45, 7) is 12.0. The summed E-state index contributed by atoms with van der Waals surface area (Å²) >= 11 is 1.42. The number of thioether (sulfide) groups is 1. The van der Waals surface area contributed by atoms with E-state index in [-0.39, 0.29) is 24.1 Å². The van der Waals surface area contributed by atoms with Gasteiger partial charge in [-0.3, -0.25) is 14.7 Å². The molecule has 142 valence electrons. The molecular weight excluding hydrogens is 348 g/mol. The first-order chi connectivity index (χ1) is 12.2. The van der Waals surface area contributed by atoms with Crippen molar-refractivity contribution in [2.24, 2.45) is 4.99 Å². The van der Waals surface area contributed by atoms with E-state index in [0.29, 0.717) is 16.4 Å². The number of hydrogen-bond acceptors (Lipinski definition) is 5. The number of benzene rings is 1. The molecule has 6 heteroatoms. The van der Waals surface area contributed by atoms with Crippen molar-refractivity contribution in [1.82, 2.24) is 4.90 Å². The van der Waals surface area contributed by atoms with Crippen molar-refractivity contribution in [2.45, 2.75) is 59.7 Å². The van der Waals surface area contributed by atoms with E-state index in [1.54, 1.807) is 12.0 Å². The van der Waals surface area contributed by atoms with Crippen LogP contribution in [-0.4, -0.2) is 41.3 Å². The maximum absolute atomic E-state index is 12.8. The summed E-state index contributed by atoms with van der Waals surface area (Å²) in [6.07, 6.45) is 1.95. The van der Waals surface area contributed by atoms with Gasteiger partial charge in [0.1, 0.15) is 0 Å². The van der Waals surface area contributed by atoms with Crippen molar-refractivity contribution in [3.63, 3.8) is 0 Å². The minimum atomic E-state index is -0.00845. The van der Waals surface area contributed by atoms with Gasteiger partial charge in [-0.1, -0.05) is 6.07 Å². The van der Waals surface area contributed by atoms with Crippen molar-refractivity contribution in [2.75, 3.05) is 7.11 Å². The SMILES string of the molecule is COc1cc(/C=C2/SC(=NC(C)C)N(C(C)C)C2=O)ccc1OC(C)C. The van der Waals surface area contributed by atoms with Crippen LogP contribution in [0.3, 0.4) is 0 Å². The second-order valence-corrected chi connectivity index (χ2v) is 7.97. The Morgan fingerprint density at radius 3 is 2.35 bits per heavy atom. The van der Waals surface area contributed by atoms with Crippen LogP contribution in [0.1, 0.15) is 47.1 Å². The van der Waals surface area contributed by atoms with Gasteiger partial charge in [-0.05, 0) is 77.1 Å². The molecule has 1 fully saturated rings. The highest BCUT2D eigenvalue weighted by Gasteiger charge is 2.35. The number of carbonyl (C=O) groups excluding carboxylic acids is 1. The van der Waals surface area contributed by atoms with Crippen LogP contribution in [0.4, 0.5) is 0 Å². The fraction of sp³-hybridized carbons (Fsp3) is 0.500. The van der Waals surface area contributed by atoms with Crippen LogP contribution >= 0.6 is 11.8 Å². The maximum Gasteiger partial charge on any atom is 0.266 e. The lowest BCUT2D eigenvalue weighted by atomic mass is 10.1. The quantitative estimate of drug-likeness (QED) is 0.682. The lowest BCUT2D eigenvalue weighted by Gasteiger charge is -2.20. The number of nitrogens with zero attached hydrogens (tertiary/aromatic N) is 2. The molecule has 0 saturated carbocycles. The van der Waals surface area contributed by atoms with E-state index in [1.807, 2.05) is 65.8 Å². The van der Waals surface area contributed by atoms with E-state index in [2.05, 4.69) is 4.99 Å². The molecule has 0 N–H and O–H groups in total. The molecule has 0 atom stereocenters. The predicted octanol–water partition coefficient (Wildman–Crippen LogP) is 4.57. The highest BCUT2D eigenvalue weighted by Crippen LogP contribution is 2.36. The molecule has 0 radical (unpaired) electrons. The van der Waals surface area contributed by atoms with Crippen LogP contribution in [0.5, 0.6) is 11.5 Å². The Labute approximate surface area is 160 Å². The van der Waals surface area contributed by atoms with E-state index in [9.17, 15) is 4.79 Å². The number of amidine groups is 1. The first kappa shape index (κ1) is 20.4. The van der Waals surface area contributed by atoms with E-state index >= 15 is 0 Å². The van der Waals surface area contributed by atoms with Crippen molar-refractivity contribution < 1.29 is 14.3 Å². The van der Waals surface area contributed by atoms with Crippen molar-refractivity contribution in [1.29, 1.82) is 0 Å². The predicted molar refractivity (Wildman–Crippen MR) is 109 cm³/mol. The Morgan fingerprint density at radius 1 is 1.12 bits per heavy atom.